The Hall–Kier alpha value is -3.91. The summed E-state index contributed by atoms with van der Waals surface area (Å²) in [7, 11) is 1.61. The summed E-state index contributed by atoms with van der Waals surface area (Å²) in [6.07, 6.45) is 0. The Morgan fingerprint density at radius 2 is 1.79 bits per heavy atom. The third-order valence-electron chi connectivity index (χ3n) is 5.13. The van der Waals surface area contributed by atoms with E-state index in [0.717, 1.165) is 28.4 Å². The van der Waals surface area contributed by atoms with Crippen molar-refractivity contribution in [3.8, 4) is 22.8 Å². The average Bonchev–Trinajstić information content (AvgIpc) is 3.31. The molecule has 7 nitrogen and oxygen atoms in total. The molecule has 1 aromatic heterocycles. The molecule has 1 amide bonds. The van der Waals surface area contributed by atoms with E-state index >= 15 is 0 Å². The lowest BCUT2D eigenvalue weighted by Crippen LogP contribution is -2.21. The predicted octanol–water partition coefficient (Wildman–Crippen LogP) is 4.88. The zero-order valence-electron chi connectivity index (χ0n) is 19.2. The predicted molar refractivity (Wildman–Crippen MR) is 136 cm³/mol. The van der Waals surface area contributed by atoms with E-state index < -0.39 is 0 Å². The van der Waals surface area contributed by atoms with E-state index in [1.165, 1.54) is 17.3 Å². The van der Waals surface area contributed by atoms with Gasteiger partial charge in [-0.15, -0.1) is 10.2 Å². The number of benzene rings is 3. The van der Waals surface area contributed by atoms with Crippen LogP contribution in [0.15, 0.2) is 89.1 Å². The van der Waals surface area contributed by atoms with Crippen molar-refractivity contribution in [2.45, 2.75) is 19.0 Å². The second-order valence-electron chi connectivity index (χ2n) is 7.60. The molecule has 0 saturated carbocycles. The van der Waals surface area contributed by atoms with Gasteiger partial charge in [0.2, 0.25) is 0 Å². The van der Waals surface area contributed by atoms with E-state index in [-0.39, 0.29) is 11.7 Å². The maximum absolute atomic E-state index is 12.5. The molecule has 0 aliphatic carbocycles. The molecule has 0 aliphatic rings. The largest absolute Gasteiger partial charge is 0.497 e. The number of rotatable bonds is 8. The number of aromatic nitrogens is 3. The molecular weight excluding hydrogens is 446 g/mol. The number of para-hydroxylation sites is 1. The Kier molecular flexibility index (Phi) is 7.39. The number of carbonyl (C=O) groups excluding carboxylic acids is 1. The molecule has 0 fully saturated rings. The maximum atomic E-state index is 12.5. The molecule has 0 saturated heterocycles. The average molecular weight is 472 g/mol. The van der Waals surface area contributed by atoms with Crippen LogP contribution in [0.4, 0.5) is 0 Å². The van der Waals surface area contributed by atoms with E-state index in [0.29, 0.717) is 10.9 Å². The Labute approximate surface area is 202 Å². The number of aryl methyl sites for hydroxylation is 1. The van der Waals surface area contributed by atoms with E-state index in [9.17, 15) is 4.79 Å². The van der Waals surface area contributed by atoms with Crippen LogP contribution >= 0.6 is 11.8 Å². The quantitative estimate of drug-likeness (QED) is 0.225. The highest BCUT2D eigenvalue weighted by molar-refractivity contribution is 7.99. The van der Waals surface area contributed by atoms with E-state index in [4.69, 9.17) is 4.74 Å². The number of nitrogens with zero attached hydrogens (tertiary/aromatic N) is 4. The Balaban J connectivity index is 1.50. The van der Waals surface area contributed by atoms with Gasteiger partial charge in [-0.3, -0.25) is 9.36 Å². The second-order valence-corrected chi connectivity index (χ2v) is 8.54. The molecule has 0 unspecified atom stereocenters. The van der Waals surface area contributed by atoms with Crippen LogP contribution in [-0.4, -0.2) is 39.2 Å². The van der Waals surface area contributed by atoms with Crippen LogP contribution < -0.4 is 10.2 Å². The first kappa shape index (κ1) is 23.3. The number of hydrogen-bond donors (Lipinski definition) is 1. The molecule has 0 radical (unpaired) electrons. The molecule has 0 aliphatic heterocycles. The van der Waals surface area contributed by atoms with E-state index in [2.05, 4.69) is 20.7 Å². The molecule has 34 heavy (non-hydrogen) atoms. The molecule has 0 bridgehead atoms. The number of thioether (sulfide) groups is 1. The van der Waals surface area contributed by atoms with Crippen LogP contribution in [-0.2, 0) is 4.79 Å². The van der Waals surface area contributed by atoms with Crippen molar-refractivity contribution >= 4 is 23.4 Å². The highest BCUT2D eigenvalue weighted by Crippen LogP contribution is 2.28. The summed E-state index contributed by atoms with van der Waals surface area (Å²) in [5.74, 6) is 1.37. The molecule has 172 valence electrons. The smallest absolute Gasteiger partial charge is 0.250 e. The molecule has 1 heterocycles. The molecule has 1 N–H and O–H groups in total. The van der Waals surface area contributed by atoms with Crippen molar-refractivity contribution in [3.05, 3.63) is 90.0 Å². The van der Waals surface area contributed by atoms with Gasteiger partial charge in [0.15, 0.2) is 11.0 Å². The maximum Gasteiger partial charge on any atom is 0.250 e. The molecule has 0 spiro atoms. The first-order valence-electron chi connectivity index (χ1n) is 10.7. The van der Waals surface area contributed by atoms with Crippen LogP contribution in [0, 0.1) is 6.92 Å². The van der Waals surface area contributed by atoms with Gasteiger partial charge in [-0.2, -0.15) is 5.10 Å². The molecule has 0 atom stereocenters. The fourth-order valence-electron chi connectivity index (χ4n) is 3.28. The number of carbonyl (C=O) groups is 1. The minimum atomic E-state index is -0.230. The van der Waals surface area contributed by atoms with Crippen molar-refractivity contribution in [2.24, 2.45) is 5.10 Å². The van der Waals surface area contributed by atoms with Crippen LogP contribution in [0.25, 0.3) is 17.1 Å². The third-order valence-corrected chi connectivity index (χ3v) is 6.05. The van der Waals surface area contributed by atoms with Gasteiger partial charge in [0.1, 0.15) is 5.75 Å². The topological polar surface area (TPSA) is 81.4 Å². The summed E-state index contributed by atoms with van der Waals surface area (Å²) < 4.78 is 7.21. The second kappa shape index (κ2) is 10.8. The summed E-state index contributed by atoms with van der Waals surface area (Å²) in [5, 5.41) is 13.7. The highest BCUT2D eigenvalue weighted by Gasteiger charge is 2.17. The summed E-state index contributed by atoms with van der Waals surface area (Å²) in [5.41, 5.74) is 7.24. The van der Waals surface area contributed by atoms with Gasteiger partial charge in [-0.1, -0.05) is 71.9 Å². The molecule has 3 aromatic carbocycles. The van der Waals surface area contributed by atoms with Gasteiger partial charge >= 0.3 is 0 Å². The lowest BCUT2D eigenvalue weighted by molar-refractivity contribution is -0.118. The standard InChI is InChI=1S/C26H25N5O2S/c1-18-12-14-20(15-13-18)25-29-30-26(31(25)22-9-5-4-6-10-22)34-17-24(32)28-27-19(2)21-8-7-11-23(16-21)33-3/h4-16H,17H2,1-3H3,(H,28,32)/b27-19-. The van der Waals surface area contributed by atoms with Crippen molar-refractivity contribution in [1.29, 1.82) is 0 Å². The van der Waals surface area contributed by atoms with Gasteiger partial charge < -0.3 is 4.74 Å². The minimum absolute atomic E-state index is 0.147. The SMILES string of the molecule is COc1cccc(/C(C)=N\NC(=O)CSc2nnc(-c3ccc(C)cc3)n2-c2ccccc2)c1. The van der Waals surface area contributed by atoms with E-state index in [1.54, 1.807) is 7.11 Å². The van der Waals surface area contributed by atoms with Gasteiger partial charge in [-0.25, -0.2) is 5.43 Å². The summed E-state index contributed by atoms with van der Waals surface area (Å²) >= 11 is 1.31. The Bertz CT molecular complexity index is 1300. The molecular formula is C26H25N5O2S. The fraction of sp³-hybridized carbons (Fsp3) is 0.154. The normalized spacial score (nSPS) is 11.3. The minimum Gasteiger partial charge on any atom is -0.497 e. The summed E-state index contributed by atoms with van der Waals surface area (Å²) in [6, 6.07) is 25.5. The van der Waals surface area contributed by atoms with Crippen LogP contribution in [0.2, 0.25) is 0 Å². The number of hydrazone groups is 1. The van der Waals surface area contributed by atoms with Crippen LogP contribution in [0.3, 0.4) is 0 Å². The monoisotopic (exact) mass is 471 g/mol. The van der Waals surface area contributed by atoms with Gasteiger partial charge in [-0.05, 0) is 38.1 Å². The highest BCUT2D eigenvalue weighted by atomic mass is 32.2. The number of hydrogen-bond acceptors (Lipinski definition) is 6. The van der Waals surface area contributed by atoms with E-state index in [1.807, 2.05) is 97.3 Å². The fourth-order valence-corrected chi connectivity index (χ4v) is 4.03. The Morgan fingerprint density at radius 3 is 2.53 bits per heavy atom. The van der Waals surface area contributed by atoms with Crippen molar-refractivity contribution < 1.29 is 9.53 Å². The number of methoxy groups -OCH3 is 1. The first-order chi connectivity index (χ1) is 16.5. The van der Waals surface area contributed by atoms with Crippen LogP contribution in [0.5, 0.6) is 5.75 Å². The van der Waals surface area contributed by atoms with Crippen molar-refractivity contribution in [3.63, 3.8) is 0 Å². The van der Waals surface area contributed by atoms with Gasteiger partial charge in [0.25, 0.3) is 5.91 Å². The number of amides is 1. The summed E-state index contributed by atoms with van der Waals surface area (Å²) in [4.78, 5) is 12.5. The van der Waals surface area contributed by atoms with Crippen molar-refractivity contribution in [1.82, 2.24) is 20.2 Å². The lowest BCUT2D eigenvalue weighted by atomic mass is 10.1. The van der Waals surface area contributed by atoms with Crippen LogP contribution in [0.1, 0.15) is 18.1 Å². The van der Waals surface area contributed by atoms with Gasteiger partial charge in [0, 0.05) is 16.8 Å². The molecule has 4 rings (SSSR count). The third kappa shape index (κ3) is 5.52. The Morgan fingerprint density at radius 1 is 1.03 bits per heavy atom. The zero-order valence-corrected chi connectivity index (χ0v) is 20.0. The van der Waals surface area contributed by atoms with Crippen molar-refractivity contribution in [2.75, 3.05) is 12.9 Å². The lowest BCUT2D eigenvalue weighted by Gasteiger charge is -2.10. The van der Waals surface area contributed by atoms with Gasteiger partial charge in [0.05, 0.1) is 18.6 Å². The number of ether oxygens (including phenoxy) is 1. The zero-order chi connectivity index (χ0) is 23.9. The number of nitrogens with one attached hydrogen (secondary N) is 1. The molecule has 4 aromatic rings. The molecule has 8 heteroatoms. The first-order valence-corrected chi connectivity index (χ1v) is 11.7. The summed E-state index contributed by atoms with van der Waals surface area (Å²) in [6.45, 7) is 3.88.